The van der Waals surface area contributed by atoms with Crippen LogP contribution in [0, 0.1) is 10.1 Å². The molecule has 1 aromatic rings. The fraction of sp³-hybridized carbons (Fsp3) is 0.222. The van der Waals surface area contributed by atoms with Crippen molar-refractivity contribution in [1.82, 2.24) is 0 Å². The van der Waals surface area contributed by atoms with Crippen LogP contribution in [0.1, 0.15) is 0 Å². The van der Waals surface area contributed by atoms with E-state index in [0.29, 0.717) is 5.69 Å². The molecule has 0 spiro atoms. The molecule has 0 radical (unpaired) electrons. The van der Waals surface area contributed by atoms with Crippen molar-refractivity contribution in [3.05, 3.63) is 27.3 Å². The lowest BCUT2D eigenvalue weighted by Crippen LogP contribution is -2.35. The van der Waals surface area contributed by atoms with Gasteiger partial charge in [0.25, 0.3) is 11.6 Å². The van der Waals surface area contributed by atoms with E-state index < -0.39 is 4.92 Å². The van der Waals surface area contributed by atoms with Gasteiger partial charge in [0.05, 0.1) is 16.0 Å². The lowest BCUT2D eigenvalue weighted by Gasteiger charge is -2.26. The Hall–Kier alpha value is -1.82. The maximum atomic E-state index is 11.3. The molecule has 0 atom stereocenters. The Balaban J connectivity index is 2.58. The second-order valence-electron chi connectivity index (χ2n) is 3.27. The molecule has 1 amide bonds. The number of hydrogen-bond donors (Lipinski definition) is 0. The zero-order chi connectivity index (χ0) is 11.9. The molecule has 0 aliphatic carbocycles. The normalized spacial score (nSPS) is 14.4. The first-order valence-electron chi connectivity index (χ1n) is 4.38. The summed E-state index contributed by atoms with van der Waals surface area (Å²) in [6, 6.07) is 2.45. The van der Waals surface area contributed by atoms with Crippen molar-refractivity contribution in [3.63, 3.8) is 0 Å². The number of halogens is 1. The van der Waals surface area contributed by atoms with E-state index in [1.54, 1.807) is 7.05 Å². The van der Waals surface area contributed by atoms with Gasteiger partial charge in [-0.15, -0.1) is 0 Å². The molecule has 2 rings (SSSR count). The monoisotopic (exact) mass is 242 g/mol. The van der Waals surface area contributed by atoms with Gasteiger partial charge in [-0.2, -0.15) is 0 Å². The number of likely N-dealkylation sites (N-methyl/N-ethyl adjacent to an activating group) is 1. The Kier molecular flexibility index (Phi) is 2.43. The van der Waals surface area contributed by atoms with Crippen LogP contribution in [0.25, 0.3) is 0 Å². The Morgan fingerprint density at radius 3 is 2.88 bits per heavy atom. The first kappa shape index (κ1) is 10.7. The predicted molar refractivity (Wildman–Crippen MR) is 57.0 cm³/mol. The summed E-state index contributed by atoms with van der Waals surface area (Å²) in [4.78, 5) is 22.7. The van der Waals surface area contributed by atoms with Gasteiger partial charge in [0.1, 0.15) is 5.69 Å². The maximum absolute atomic E-state index is 11.3. The van der Waals surface area contributed by atoms with Gasteiger partial charge in [-0.25, -0.2) is 0 Å². The summed E-state index contributed by atoms with van der Waals surface area (Å²) in [5.74, 6) is 0.00422. The molecule has 0 aromatic heterocycles. The van der Waals surface area contributed by atoms with Gasteiger partial charge in [-0.05, 0) is 0 Å². The number of amides is 1. The van der Waals surface area contributed by atoms with Gasteiger partial charge < -0.3 is 9.64 Å². The van der Waals surface area contributed by atoms with Gasteiger partial charge in [-0.3, -0.25) is 14.9 Å². The predicted octanol–water partition coefficient (Wildman–Crippen LogP) is 1.60. The number of hydrogen-bond acceptors (Lipinski definition) is 4. The molecule has 1 aliphatic rings. The van der Waals surface area contributed by atoms with Crippen LogP contribution in [0.4, 0.5) is 11.4 Å². The number of nitro benzene ring substituents is 1. The van der Waals surface area contributed by atoms with Crippen LogP contribution >= 0.6 is 11.6 Å². The van der Waals surface area contributed by atoms with Gasteiger partial charge in [-0.1, -0.05) is 11.6 Å². The molecule has 0 bridgehead atoms. The van der Waals surface area contributed by atoms with Crippen LogP contribution in [0.2, 0.25) is 5.02 Å². The highest BCUT2D eigenvalue weighted by molar-refractivity contribution is 6.34. The third-order valence-corrected chi connectivity index (χ3v) is 2.57. The molecule has 6 nitrogen and oxygen atoms in total. The van der Waals surface area contributed by atoms with E-state index in [0.717, 1.165) is 0 Å². The fourth-order valence-electron chi connectivity index (χ4n) is 1.46. The molecular formula is C9H7ClN2O4. The highest BCUT2D eigenvalue weighted by atomic mass is 35.5. The SMILES string of the molecule is CN1C(=O)COc2cc([N+](=O)[O-])cc(Cl)c21. The molecule has 0 fully saturated rings. The Morgan fingerprint density at radius 2 is 2.25 bits per heavy atom. The van der Waals surface area contributed by atoms with Gasteiger partial charge in [0.15, 0.2) is 12.4 Å². The third kappa shape index (κ3) is 1.57. The summed E-state index contributed by atoms with van der Waals surface area (Å²) >= 11 is 5.87. The molecule has 0 unspecified atom stereocenters. The fourth-order valence-corrected chi connectivity index (χ4v) is 1.79. The standard InChI is InChI=1S/C9H7ClN2O4/c1-11-8(13)4-16-7-3-5(12(14)15)2-6(10)9(7)11/h2-3H,4H2,1H3. The van der Waals surface area contributed by atoms with E-state index in [9.17, 15) is 14.9 Å². The highest BCUT2D eigenvalue weighted by Gasteiger charge is 2.27. The number of anilines is 1. The molecule has 0 saturated carbocycles. The molecule has 1 heterocycles. The summed E-state index contributed by atoms with van der Waals surface area (Å²) in [6.07, 6.45) is 0. The van der Waals surface area contributed by atoms with Crippen LogP contribution in [0.3, 0.4) is 0 Å². The molecule has 1 aliphatic heterocycles. The van der Waals surface area contributed by atoms with Crippen LogP contribution in [-0.2, 0) is 4.79 Å². The van der Waals surface area contributed by atoms with E-state index in [2.05, 4.69) is 0 Å². The lowest BCUT2D eigenvalue weighted by atomic mass is 10.2. The van der Waals surface area contributed by atoms with Gasteiger partial charge in [0.2, 0.25) is 0 Å². The first-order chi connectivity index (χ1) is 7.50. The van der Waals surface area contributed by atoms with E-state index in [1.165, 1.54) is 17.0 Å². The minimum Gasteiger partial charge on any atom is -0.481 e. The van der Waals surface area contributed by atoms with Gasteiger partial charge in [0, 0.05) is 13.1 Å². The number of nitrogens with zero attached hydrogens (tertiary/aromatic N) is 2. The van der Waals surface area contributed by atoms with Crippen LogP contribution < -0.4 is 9.64 Å². The molecule has 7 heteroatoms. The zero-order valence-electron chi connectivity index (χ0n) is 8.27. The van der Waals surface area contributed by atoms with Gasteiger partial charge >= 0.3 is 0 Å². The summed E-state index contributed by atoms with van der Waals surface area (Å²) in [6.45, 7) is -0.138. The topological polar surface area (TPSA) is 72.7 Å². The van der Waals surface area contributed by atoms with Crippen LogP contribution in [0.15, 0.2) is 12.1 Å². The van der Waals surface area contributed by atoms with Crippen molar-refractivity contribution >= 4 is 28.9 Å². The zero-order valence-corrected chi connectivity index (χ0v) is 9.02. The molecule has 0 saturated heterocycles. The second-order valence-corrected chi connectivity index (χ2v) is 3.68. The minimum atomic E-state index is -0.564. The molecule has 0 N–H and O–H groups in total. The summed E-state index contributed by atoms with van der Waals surface area (Å²) < 4.78 is 5.10. The largest absolute Gasteiger partial charge is 0.481 e. The maximum Gasteiger partial charge on any atom is 0.274 e. The number of non-ortho nitro benzene ring substituents is 1. The quantitative estimate of drug-likeness (QED) is 0.554. The number of carbonyl (C=O) groups is 1. The third-order valence-electron chi connectivity index (χ3n) is 2.28. The number of rotatable bonds is 1. The van der Waals surface area contributed by atoms with Crippen LogP contribution in [-0.4, -0.2) is 24.5 Å². The molecule has 16 heavy (non-hydrogen) atoms. The number of ether oxygens (including phenoxy) is 1. The van der Waals surface area contributed by atoms with Crippen molar-refractivity contribution in [3.8, 4) is 5.75 Å². The Morgan fingerprint density at radius 1 is 1.56 bits per heavy atom. The van der Waals surface area contributed by atoms with Crippen LogP contribution in [0.5, 0.6) is 5.75 Å². The van der Waals surface area contributed by atoms with Crippen molar-refractivity contribution in [2.45, 2.75) is 0 Å². The first-order valence-corrected chi connectivity index (χ1v) is 4.76. The second kappa shape index (κ2) is 3.64. The highest BCUT2D eigenvalue weighted by Crippen LogP contribution is 2.40. The molecular weight excluding hydrogens is 236 g/mol. The van der Waals surface area contributed by atoms with Crippen molar-refractivity contribution in [2.75, 3.05) is 18.6 Å². The van der Waals surface area contributed by atoms with E-state index in [-0.39, 0.29) is 29.0 Å². The number of nitro groups is 1. The van der Waals surface area contributed by atoms with Crippen molar-refractivity contribution < 1.29 is 14.5 Å². The smallest absolute Gasteiger partial charge is 0.274 e. The lowest BCUT2D eigenvalue weighted by molar-refractivity contribution is -0.384. The average molecular weight is 243 g/mol. The summed E-state index contributed by atoms with van der Waals surface area (Å²) in [7, 11) is 1.54. The number of carbonyl (C=O) groups excluding carboxylic acids is 1. The molecule has 1 aromatic carbocycles. The average Bonchev–Trinajstić information content (AvgIpc) is 2.22. The number of benzene rings is 1. The minimum absolute atomic E-state index is 0.125. The Bertz CT molecular complexity index is 489. The van der Waals surface area contributed by atoms with E-state index in [1.807, 2.05) is 0 Å². The Labute approximate surface area is 95.5 Å². The summed E-state index contributed by atoms with van der Waals surface area (Å²) in [5, 5.41) is 10.7. The van der Waals surface area contributed by atoms with E-state index in [4.69, 9.17) is 16.3 Å². The number of fused-ring (bicyclic) bond motifs is 1. The van der Waals surface area contributed by atoms with E-state index >= 15 is 0 Å². The van der Waals surface area contributed by atoms with Crippen molar-refractivity contribution in [2.24, 2.45) is 0 Å². The summed E-state index contributed by atoms with van der Waals surface area (Å²) in [5.41, 5.74) is 0.204. The van der Waals surface area contributed by atoms with Crippen molar-refractivity contribution in [1.29, 1.82) is 0 Å². The molecule has 84 valence electrons.